The van der Waals surface area contributed by atoms with Crippen molar-refractivity contribution in [3.63, 3.8) is 0 Å². The Bertz CT molecular complexity index is 504. The van der Waals surface area contributed by atoms with E-state index in [1.165, 1.54) is 24.2 Å². The highest BCUT2D eigenvalue weighted by molar-refractivity contribution is 6.73. The van der Waals surface area contributed by atoms with E-state index in [2.05, 4.69) is 20.8 Å². The summed E-state index contributed by atoms with van der Waals surface area (Å²) in [5.41, 5.74) is 0. The molecule has 1 saturated carbocycles. The van der Waals surface area contributed by atoms with Gasteiger partial charge in [-0.05, 0) is 43.8 Å². The van der Waals surface area contributed by atoms with E-state index >= 15 is 0 Å². The molecule has 5 nitrogen and oxygen atoms in total. The van der Waals surface area contributed by atoms with E-state index in [-0.39, 0.29) is 18.6 Å². The maximum Gasteiger partial charge on any atom is 0.417 e. The molecule has 1 aliphatic heterocycles. The summed E-state index contributed by atoms with van der Waals surface area (Å²) in [7, 11) is -1.90. The summed E-state index contributed by atoms with van der Waals surface area (Å²) in [6.45, 7) is 8.59. The van der Waals surface area contributed by atoms with Crippen molar-refractivity contribution >= 4 is 20.3 Å². The van der Waals surface area contributed by atoms with Crippen LogP contribution in [0.3, 0.4) is 0 Å². The number of amides is 2. The van der Waals surface area contributed by atoms with E-state index in [1.54, 1.807) is 6.08 Å². The number of allylic oxidation sites excluding steroid dienone is 1. The van der Waals surface area contributed by atoms with Gasteiger partial charge in [0.2, 0.25) is 0 Å². The number of rotatable bonds is 8. The molecule has 148 valence electrons. The van der Waals surface area contributed by atoms with Crippen LogP contribution in [0.15, 0.2) is 12.2 Å². The smallest absolute Gasteiger partial charge is 0.417 e. The van der Waals surface area contributed by atoms with Gasteiger partial charge in [0.05, 0.1) is 6.04 Å². The van der Waals surface area contributed by atoms with Gasteiger partial charge in [-0.3, -0.25) is 4.79 Å². The highest BCUT2D eigenvalue weighted by atomic mass is 28.4. The third-order valence-electron chi connectivity index (χ3n) is 6.27. The summed E-state index contributed by atoms with van der Waals surface area (Å²) in [6.07, 6.45) is 8.35. The number of carbonyl (C=O) groups is 2. The molecule has 2 aliphatic rings. The number of hydrogen-bond donors (Lipinski definition) is 0. The van der Waals surface area contributed by atoms with Crippen molar-refractivity contribution in [2.24, 2.45) is 5.92 Å². The van der Waals surface area contributed by atoms with Crippen LogP contribution in [0, 0.1) is 5.92 Å². The van der Waals surface area contributed by atoms with E-state index in [4.69, 9.17) is 9.16 Å². The Kier molecular flexibility index (Phi) is 7.89. The second-order valence-electron chi connectivity index (χ2n) is 7.52. The largest absolute Gasteiger partial charge is 0.445 e. The summed E-state index contributed by atoms with van der Waals surface area (Å²) in [6, 6.07) is 2.88. The molecule has 0 aromatic heterocycles. The molecule has 0 aromatic carbocycles. The van der Waals surface area contributed by atoms with Crippen LogP contribution in [-0.4, -0.2) is 44.0 Å². The Morgan fingerprint density at radius 3 is 2.31 bits per heavy atom. The van der Waals surface area contributed by atoms with Crippen molar-refractivity contribution in [1.29, 1.82) is 0 Å². The predicted octanol–water partition coefficient (Wildman–Crippen LogP) is 4.88. The van der Waals surface area contributed by atoms with Gasteiger partial charge >= 0.3 is 6.09 Å². The molecule has 0 bridgehead atoms. The van der Waals surface area contributed by atoms with Crippen molar-refractivity contribution in [3.05, 3.63) is 12.2 Å². The zero-order valence-corrected chi connectivity index (χ0v) is 17.8. The standard InChI is InChI=1S/C20H35NO4Si/c1-5-9-15-24-20(23)21-17(16-13-11-10-12-14-16)18(19(21)22)25-26(6-2,7-3)8-4/h5,9,16-18H,6-8,10-15H2,1-4H3/t17-,18+/m1/s1. The van der Waals surface area contributed by atoms with Gasteiger partial charge in [0, 0.05) is 0 Å². The van der Waals surface area contributed by atoms with E-state index in [0.717, 1.165) is 31.0 Å². The van der Waals surface area contributed by atoms with Crippen molar-refractivity contribution < 1.29 is 18.8 Å². The maximum absolute atomic E-state index is 12.8. The van der Waals surface area contributed by atoms with Crippen LogP contribution in [0.2, 0.25) is 18.1 Å². The van der Waals surface area contributed by atoms with Gasteiger partial charge in [0.1, 0.15) is 12.7 Å². The van der Waals surface area contributed by atoms with Gasteiger partial charge in [-0.1, -0.05) is 52.2 Å². The SMILES string of the molecule is CC=CCOC(=O)N1C(=O)[C@@H](O[Si](CC)(CC)CC)[C@H]1C1CCCCC1. The zero-order chi connectivity index (χ0) is 19.2. The topological polar surface area (TPSA) is 55.8 Å². The first-order valence-electron chi connectivity index (χ1n) is 10.3. The van der Waals surface area contributed by atoms with E-state index in [0.29, 0.717) is 5.92 Å². The molecule has 2 fully saturated rings. The molecule has 0 radical (unpaired) electrons. The summed E-state index contributed by atoms with van der Waals surface area (Å²) in [4.78, 5) is 26.7. The Morgan fingerprint density at radius 1 is 1.15 bits per heavy atom. The molecule has 1 heterocycles. The molecule has 2 rings (SSSR count). The molecule has 1 saturated heterocycles. The monoisotopic (exact) mass is 381 g/mol. The molecular formula is C20H35NO4Si. The maximum atomic E-state index is 12.8. The molecule has 0 unspecified atom stereocenters. The van der Waals surface area contributed by atoms with Gasteiger partial charge in [0.25, 0.3) is 5.91 Å². The fraction of sp³-hybridized carbons (Fsp3) is 0.800. The van der Waals surface area contributed by atoms with Crippen LogP contribution in [0.5, 0.6) is 0 Å². The number of likely N-dealkylation sites (tertiary alicyclic amines) is 1. The first-order chi connectivity index (χ1) is 12.5. The lowest BCUT2D eigenvalue weighted by Crippen LogP contribution is -2.72. The van der Waals surface area contributed by atoms with Crippen LogP contribution in [0.4, 0.5) is 4.79 Å². The van der Waals surface area contributed by atoms with Crippen LogP contribution in [0.1, 0.15) is 59.8 Å². The first kappa shape index (κ1) is 21.2. The summed E-state index contributed by atoms with van der Waals surface area (Å²) >= 11 is 0. The number of ether oxygens (including phenoxy) is 1. The quantitative estimate of drug-likeness (QED) is 0.341. The predicted molar refractivity (Wildman–Crippen MR) is 105 cm³/mol. The zero-order valence-electron chi connectivity index (χ0n) is 16.8. The average molecular weight is 382 g/mol. The van der Waals surface area contributed by atoms with Crippen LogP contribution in [0.25, 0.3) is 0 Å². The second kappa shape index (κ2) is 9.69. The van der Waals surface area contributed by atoms with Crippen molar-refractivity contribution in [1.82, 2.24) is 4.90 Å². The van der Waals surface area contributed by atoms with Crippen LogP contribution in [-0.2, 0) is 14.0 Å². The molecule has 0 N–H and O–H groups in total. The van der Waals surface area contributed by atoms with Crippen molar-refractivity contribution in [3.8, 4) is 0 Å². The van der Waals surface area contributed by atoms with Gasteiger partial charge in [-0.2, -0.15) is 0 Å². The van der Waals surface area contributed by atoms with Crippen LogP contribution < -0.4 is 0 Å². The molecule has 2 atom stereocenters. The minimum absolute atomic E-state index is 0.141. The normalized spacial score (nSPS) is 24.8. The highest BCUT2D eigenvalue weighted by Gasteiger charge is 2.57. The fourth-order valence-electron chi connectivity index (χ4n) is 4.30. The molecule has 6 heteroatoms. The third kappa shape index (κ3) is 4.39. The average Bonchev–Trinajstić information content (AvgIpc) is 2.68. The number of imide groups is 1. The molecule has 1 aliphatic carbocycles. The molecule has 2 amide bonds. The third-order valence-corrected chi connectivity index (χ3v) is 10.9. The first-order valence-corrected chi connectivity index (χ1v) is 12.8. The highest BCUT2D eigenvalue weighted by Crippen LogP contribution is 2.40. The van der Waals surface area contributed by atoms with Crippen molar-refractivity contribution in [2.45, 2.75) is 90.1 Å². The summed E-state index contributed by atoms with van der Waals surface area (Å²) < 4.78 is 11.8. The molecule has 0 aromatic rings. The number of carbonyl (C=O) groups excluding carboxylic acids is 2. The Balaban J connectivity index is 2.16. The van der Waals surface area contributed by atoms with E-state index < -0.39 is 20.5 Å². The molecular weight excluding hydrogens is 346 g/mol. The van der Waals surface area contributed by atoms with Gasteiger partial charge in [-0.15, -0.1) is 0 Å². The minimum atomic E-state index is -1.90. The number of hydrogen-bond acceptors (Lipinski definition) is 4. The number of nitrogens with zero attached hydrogens (tertiary/aromatic N) is 1. The molecule has 0 spiro atoms. The van der Waals surface area contributed by atoms with Gasteiger partial charge in [-0.25, -0.2) is 9.69 Å². The number of β-lactam (4-membered cyclic amide) rings is 1. The summed E-state index contributed by atoms with van der Waals surface area (Å²) in [5.74, 6) is 0.149. The Morgan fingerprint density at radius 2 is 1.77 bits per heavy atom. The lowest BCUT2D eigenvalue weighted by molar-refractivity contribution is -0.165. The van der Waals surface area contributed by atoms with Gasteiger partial charge < -0.3 is 9.16 Å². The second-order valence-corrected chi connectivity index (χ2v) is 12.2. The van der Waals surface area contributed by atoms with Gasteiger partial charge in [0.15, 0.2) is 8.32 Å². The summed E-state index contributed by atoms with van der Waals surface area (Å²) in [5, 5.41) is 0. The van der Waals surface area contributed by atoms with Crippen molar-refractivity contribution in [2.75, 3.05) is 6.61 Å². The fourth-order valence-corrected chi connectivity index (χ4v) is 7.08. The van der Waals surface area contributed by atoms with E-state index in [1.807, 2.05) is 13.0 Å². The Hall–Kier alpha value is -1.14. The minimum Gasteiger partial charge on any atom is -0.445 e. The Labute approximate surface area is 159 Å². The molecule has 26 heavy (non-hydrogen) atoms. The lowest BCUT2D eigenvalue weighted by atomic mass is 9.77. The van der Waals surface area contributed by atoms with E-state index in [9.17, 15) is 9.59 Å². The lowest BCUT2D eigenvalue weighted by Gasteiger charge is -2.51. The van der Waals surface area contributed by atoms with Crippen LogP contribution >= 0.6 is 0 Å².